The third-order valence-electron chi connectivity index (χ3n) is 1.97. The van der Waals surface area contributed by atoms with Crippen LogP contribution < -0.4 is 10.6 Å². The molecule has 0 saturated carbocycles. The van der Waals surface area contributed by atoms with E-state index in [0.29, 0.717) is 13.2 Å². The summed E-state index contributed by atoms with van der Waals surface area (Å²) in [6.07, 6.45) is 0.741. The van der Waals surface area contributed by atoms with Crippen molar-refractivity contribution in [2.45, 2.75) is 32.7 Å². The molecule has 2 N–H and O–H groups in total. The van der Waals surface area contributed by atoms with Crippen LogP contribution in [-0.2, 0) is 14.3 Å². The van der Waals surface area contributed by atoms with Crippen molar-refractivity contribution in [1.82, 2.24) is 10.6 Å². The molecule has 0 fully saturated rings. The summed E-state index contributed by atoms with van der Waals surface area (Å²) in [5.41, 5.74) is 0. The van der Waals surface area contributed by atoms with Gasteiger partial charge in [0.25, 0.3) is 0 Å². The molecule has 5 nitrogen and oxygen atoms in total. The van der Waals surface area contributed by atoms with Crippen LogP contribution in [0.3, 0.4) is 0 Å². The lowest BCUT2D eigenvalue weighted by atomic mass is 10.2. The molecule has 0 aromatic rings. The van der Waals surface area contributed by atoms with Gasteiger partial charge in [0, 0.05) is 19.7 Å². The van der Waals surface area contributed by atoms with Crippen LogP contribution in [0.1, 0.15) is 26.7 Å². The fourth-order valence-corrected chi connectivity index (χ4v) is 0.929. The summed E-state index contributed by atoms with van der Waals surface area (Å²) < 4.78 is 4.76. The number of nitrogens with one attached hydrogen (secondary N) is 2. The van der Waals surface area contributed by atoms with Gasteiger partial charge in [-0.15, -0.1) is 0 Å². The normalized spacial score (nSPS) is 11.9. The van der Waals surface area contributed by atoms with E-state index in [-0.39, 0.29) is 24.3 Å². The predicted molar refractivity (Wildman–Crippen MR) is 57.4 cm³/mol. The zero-order valence-corrected chi connectivity index (χ0v) is 9.63. The minimum Gasteiger partial charge on any atom is -0.383 e. The number of methoxy groups -OCH3 is 1. The molecule has 0 spiro atoms. The molecule has 0 rings (SSSR count). The molecule has 0 radical (unpaired) electrons. The lowest BCUT2D eigenvalue weighted by Crippen LogP contribution is -2.37. The number of ether oxygens (including phenoxy) is 1. The molecular weight excluding hydrogens is 196 g/mol. The number of carbonyl (C=O) groups excluding carboxylic acids is 2. The summed E-state index contributed by atoms with van der Waals surface area (Å²) in [5, 5.41) is 5.30. The molecule has 5 heteroatoms. The Kier molecular flexibility index (Phi) is 7.62. The second kappa shape index (κ2) is 8.23. The Bertz CT molecular complexity index is 207. The van der Waals surface area contributed by atoms with Crippen LogP contribution >= 0.6 is 0 Å². The van der Waals surface area contributed by atoms with Gasteiger partial charge < -0.3 is 15.4 Å². The Morgan fingerprint density at radius 2 is 2.00 bits per heavy atom. The molecule has 0 bridgehead atoms. The minimum atomic E-state index is -0.271. The molecule has 1 unspecified atom stereocenters. The zero-order valence-electron chi connectivity index (χ0n) is 9.63. The average Bonchev–Trinajstić information content (AvgIpc) is 2.17. The van der Waals surface area contributed by atoms with Crippen LogP contribution in [0, 0.1) is 0 Å². The van der Waals surface area contributed by atoms with Gasteiger partial charge in [-0.3, -0.25) is 9.59 Å². The standard InChI is InChI=1S/C10H20N2O3/c1-4-8(2)12-10(14)7-9(13)11-5-6-15-3/h8H,4-7H2,1-3H3,(H,11,13)(H,12,14). The monoisotopic (exact) mass is 216 g/mol. The maximum Gasteiger partial charge on any atom is 0.229 e. The van der Waals surface area contributed by atoms with E-state index in [2.05, 4.69) is 10.6 Å². The smallest absolute Gasteiger partial charge is 0.229 e. The zero-order chi connectivity index (χ0) is 11.7. The summed E-state index contributed by atoms with van der Waals surface area (Å²) in [6, 6.07) is 0.115. The van der Waals surface area contributed by atoms with E-state index in [1.807, 2.05) is 13.8 Å². The Morgan fingerprint density at radius 3 is 2.53 bits per heavy atom. The van der Waals surface area contributed by atoms with Gasteiger partial charge in [-0.1, -0.05) is 6.92 Å². The lowest BCUT2D eigenvalue weighted by Gasteiger charge is -2.11. The average molecular weight is 216 g/mol. The highest BCUT2D eigenvalue weighted by molar-refractivity contribution is 5.96. The second-order valence-electron chi connectivity index (χ2n) is 3.40. The Morgan fingerprint density at radius 1 is 1.33 bits per heavy atom. The summed E-state index contributed by atoms with van der Waals surface area (Å²) in [5.74, 6) is -0.507. The molecular formula is C10H20N2O3. The number of amides is 2. The molecule has 0 heterocycles. The molecule has 0 aliphatic rings. The van der Waals surface area contributed by atoms with Crippen molar-refractivity contribution in [3.63, 3.8) is 0 Å². The number of hydrogen-bond donors (Lipinski definition) is 2. The largest absolute Gasteiger partial charge is 0.383 e. The van der Waals surface area contributed by atoms with E-state index in [4.69, 9.17) is 4.74 Å². The van der Waals surface area contributed by atoms with Crippen LogP contribution in [0.2, 0.25) is 0 Å². The first kappa shape index (κ1) is 13.9. The van der Waals surface area contributed by atoms with Crippen molar-refractivity contribution in [3.05, 3.63) is 0 Å². The van der Waals surface area contributed by atoms with Crippen molar-refractivity contribution in [2.75, 3.05) is 20.3 Å². The van der Waals surface area contributed by atoms with E-state index in [0.717, 1.165) is 6.42 Å². The maximum absolute atomic E-state index is 11.3. The van der Waals surface area contributed by atoms with Crippen molar-refractivity contribution in [3.8, 4) is 0 Å². The van der Waals surface area contributed by atoms with Crippen LogP contribution in [-0.4, -0.2) is 38.1 Å². The van der Waals surface area contributed by atoms with Crippen LogP contribution in [0.4, 0.5) is 0 Å². The van der Waals surface area contributed by atoms with Gasteiger partial charge >= 0.3 is 0 Å². The summed E-state index contributed by atoms with van der Waals surface area (Å²) in [7, 11) is 1.56. The third-order valence-corrected chi connectivity index (χ3v) is 1.97. The van der Waals surface area contributed by atoms with Crippen molar-refractivity contribution < 1.29 is 14.3 Å². The van der Waals surface area contributed by atoms with E-state index in [1.54, 1.807) is 7.11 Å². The Labute approximate surface area is 90.6 Å². The van der Waals surface area contributed by atoms with Gasteiger partial charge in [0.2, 0.25) is 11.8 Å². The first-order valence-corrected chi connectivity index (χ1v) is 5.15. The number of hydrogen-bond acceptors (Lipinski definition) is 3. The van der Waals surface area contributed by atoms with Gasteiger partial charge in [0.1, 0.15) is 6.42 Å². The van der Waals surface area contributed by atoms with E-state index >= 15 is 0 Å². The quantitative estimate of drug-likeness (QED) is 0.467. The lowest BCUT2D eigenvalue weighted by molar-refractivity contribution is -0.129. The minimum absolute atomic E-state index is 0.115. The first-order chi connectivity index (χ1) is 7.10. The van der Waals surface area contributed by atoms with Crippen LogP contribution in [0.5, 0.6) is 0 Å². The number of rotatable bonds is 7. The van der Waals surface area contributed by atoms with Gasteiger partial charge in [-0.05, 0) is 13.3 Å². The van der Waals surface area contributed by atoms with Crippen LogP contribution in [0.25, 0.3) is 0 Å². The first-order valence-electron chi connectivity index (χ1n) is 5.15. The van der Waals surface area contributed by atoms with Crippen molar-refractivity contribution >= 4 is 11.8 Å². The van der Waals surface area contributed by atoms with Crippen LogP contribution in [0.15, 0.2) is 0 Å². The second-order valence-corrected chi connectivity index (χ2v) is 3.40. The van der Waals surface area contributed by atoms with Gasteiger partial charge in [0.15, 0.2) is 0 Å². The predicted octanol–water partition coefficient (Wildman–Crippen LogP) is 0.0538. The third kappa shape index (κ3) is 7.93. The number of carbonyl (C=O) groups is 2. The highest BCUT2D eigenvalue weighted by Gasteiger charge is 2.10. The SMILES string of the molecule is CCC(C)NC(=O)CC(=O)NCCOC. The van der Waals surface area contributed by atoms with Crippen molar-refractivity contribution in [2.24, 2.45) is 0 Å². The molecule has 2 amide bonds. The molecule has 0 aromatic carbocycles. The van der Waals surface area contributed by atoms with E-state index < -0.39 is 0 Å². The molecule has 1 atom stereocenters. The molecule has 88 valence electrons. The fourth-order valence-electron chi connectivity index (χ4n) is 0.929. The van der Waals surface area contributed by atoms with Gasteiger partial charge in [-0.2, -0.15) is 0 Å². The summed E-state index contributed by atoms with van der Waals surface area (Å²) >= 11 is 0. The molecule has 0 aliphatic carbocycles. The summed E-state index contributed by atoms with van der Waals surface area (Å²) in [6.45, 7) is 4.77. The maximum atomic E-state index is 11.3. The Balaban J connectivity index is 3.62. The molecule has 0 aromatic heterocycles. The topological polar surface area (TPSA) is 67.4 Å². The highest BCUT2D eigenvalue weighted by atomic mass is 16.5. The van der Waals surface area contributed by atoms with E-state index in [9.17, 15) is 9.59 Å². The van der Waals surface area contributed by atoms with Gasteiger partial charge in [0.05, 0.1) is 6.61 Å². The Hall–Kier alpha value is -1.10. The summed E-state index contributed by atoms with van der Waals surface area (Å²) in [4.78, 5) is 22.4. The molecule has 0 aliphatic heterocycles. The molecule has 15 heavy (non-hydrogen) atoms. The van der Waals surface area contributed by atoms with Gasteiger partial charge in [-0.25, -0.2) is 0 Å². The van der Waals surface area contributed by atoms with Crippen molar-refractivity contribution in [1.29, 1.82) is 0 Å². The van der Waals surface area contributed by atoms with E-state index in [1.165, 1.54) is 0 Å². The molecule has 0 saturated heterocycles. The highest BCUT2D eigenvalue weighted by Crippen LogP contribution is 1.89. The fraction of sp³-hybridized carbons (Fsp3) is 0.800.